The molecule has 0 unspecified atom stereocenters. The summed E-state index contributed by atoms with van der Waals surface area (Å²) in [5.41, 5.74) is 5.11. The van der Waals surface area contributed by atoms with Crippen molar-refractivity contribution in [2.75, 3.05) is 0 Å². The Bertz CT molecular complexity index is 499. The Morgan fingerprint density at radius 3 is 2.60 bits per heavy atom. The smallest absolute Gasteiger partial charge is 0.326 e. The van der Waals surface area contributed by atoms with Gasteiger partial charge in [0.1, 0.15) is 0 Å². The molecule has 0 saturated heterocycles. The van der Waals surface area contributed by atoms with Gasteiger partial charge >= 0.3 is 6.03 Å². The molecule has 0 radical (unpaired) electrons. The summed E-state index contributed by atoms with van der Waals surface area (Å²) in [6.45, 7) is 1.54. The van der Waals surface area contributed by atoms with Crippen molar-refractivity contribution in [2.24, 2.45) is 5.73 Å². The van der Waals surface area contributed by atoms with Gasteiger partial charge in [-0.15, -0.1) is 0 Å². The fraction of sp³-hybridized carbons (Fsp3) is 0.125. The molecule has 0 aliphatic heterocycles. The molecule has 1 aromatic rings. The lowest BCUT2D eigenvalue weighted by Crippen LogP contribution is -2.35. The zero-order chi connectivity index (χ0) is 11.6. The van der Waals surface area contributed by atoms with Gasteiger partial charge in [-0.2, -0.15) is 0 Å². The summed E-state index contributed by atoms with van der Waals surface area (Å²) in [4.78, 5) is 10.4. The first kappa shape index (κ1) is 11.8. The molecule has 0 saturated carbocycles. The number of urea groups is 1. The van der Waals surface area contributed by atoms with E-state index in [1.54, 1.807) is 10.8 Å². The van der Waals surface area contributed by atoms with Gasteiger partial charge in [0.2, 0.25) is 0 Å². The molecule has 0 atom stereocenters. The van der Waals surface area contributed by atoms with Gasteiger partial charge in [0.05, 0.1) is 4.90 Å². The van der Waals surface area contributed by atoms with Crippen LogP contribution < -0.4 is 10.5 Å². The Morgan fingerprint density at radius 2 is 2.07 bits per heavy atom. The minimum absolute atomic E-state index is 0.0613. The standard InChI is InChI=1S/C8H9ClN2O3S/c1-5-6(9)3-2-4-7(5)15(13,14)11-8(10)12/h2-4H,1H3,(H3,10,11,12). The Kier molecular flexibility index (Phi) is 3.21. The van der Waals surface area contributed by atoms with Crippen LogP contribution in [-0.4, -0.2) is 14.4 Å². The number of nitrogens with one attached hydrogen (secondary N) is 1. The SMILES string of the molecule is Cc1c(Cl)cccc1S(=O)(=O)NC(N)=O. The fourth-order valence-electron chi connectivity index (χ4n) is 1.07. The molecular weight excluding hydrogens is 240 g/mol. The van der Waals surface area contributed by atoms with Crippen LogP contribution in [0.2, 0.25) is 5.02 Å². The van der Waals surface area contributed by atoms with E-state index in [0.717, 1.165) is 0 Å². The molecule has 3 N–H and O–H groups in total. The lowest BCUT2D eigenvalue weighted by molar-refractivity contribution is 0.253. The van der Waals surface area contributed by atoms with Crippen LogP contribution in [0.15, 0.2) is 23.1 Å². The van der Waals surface area contributed by atoms with E-state index in [9.17, 15) is 13.2 Å². The number of benzene rings is 1. The molecule has 0 bridgehead atoms. The molecule has 0 aliphatic carbocycles. The van der Waals surface area contributed by atoms with E-state index >= 15 is 0 Å². The van der Waals surface area contributed by atoms with Crippen LogP contribution in [0.1, 0.15) is 5.56 Å². The number of carbonyl (C=O) groups excluding carboxylic acids is 1. The molecule has 0 spiro atoms. The van der Waals surface area contributed by atoms with Gasteiger partial charge in [-0.3, -0.25) is 0 Å². The highest BCUT2D eigenvalue weighted by Gasteiger charge is 2.19. The lowest BCUT2D eigenvalue weighted by atomic mass is 10.2. The number of sulfonamides is 1. The zero-order valence-electron chi connectivity index (χ0n) is 7.82. The third-order valence-electron chi connectivity index (χ3n) is 1.74. The van der Waals surface area contributed by atoms with E-state index in [2.05, 4.69) is 0 Å². The van der Waals surface area contributed by atoms with Crippen molar-refractivity contribution in [2.45, 2.75) is 11.8 Å². The van der Waals surface area contributed by atoms with Gasteiger partial charge in [-0.05, 0) is 24.6 Å². The summed E-state index contributed by atoms with van der Waals surface area (Å²) in [6.07, 6.45) is 0. The maximum atomic E-state index is 11.5. The number of hydrogen-bond acceptors (Lipinski definition) is 3. The largest absolute Gasteiger partial charge is 0.351 e. The average molecular weight is 249 g/mol. The Balaban J connectivity index is 3.28. The van der Waals surface area contributed by atoms with Crippen LogP contribution in [0, 0.1) is 6.92 Å². The summed E-state index contributed by atoms with van der Waals surface area (Å²) in [7, 11) is -3.92. The number of rotatable bonds is 2. The summed E-state index contributed by atoms with van der Waals surface area (Å²) < 4.78 is 24.7. The van der Waals surface area contributed by atoms with Crippen LogP contribution in [0.25, 0.3) is 0 Å². The second-order valence-corrected chi connectivity index (χ2v) is 4.89. The molecule has 0 aromatic heterocycles. The van der Waals surface area contributed by atoms with Crippen LogP contribution in [0.3, 0.4) is 0 Å². The number of nitrogens with two attached hydrogens (primary N) is 1. The Morgan fingerprint density at radius 1 is 1.47 bits per heavy atom. The molecule has 7 heteroatoms. The number of amides is 2. The molecule has 1 aromatic carbocycles. The highest BCUT2D eigenvalue weighted by atomic mass is 35.5. The van der Waals surface area contributed by atoms with Gasteiger partial charge < -0.3 is 5.73 Å². The van der Waals surface area contributed by atoms with Crippen molar-refractivity contribution < 1.29 is 13.2 Å². The highest BCUT2D eigenvalue weighted by Crippen LogP contribution is 2.22. The first-order valence-corrected chi connectivity index (χ1v) is 5.78. The minimum atomic E-state index is -3.92. The van der Waals surface area contributed by atoms with E-state index in [-0.39, 0.29) is 4.90 Å². The predicted molar refractivity (Wildman–Crippen MR) is 56.1 cm³/mol. The first-order valence-electron chi connectivity index (χ1n) is 3.92. The van der Waals surface area contributed by atoms with E-state index in [1.165, 1.54) is 19.1 Å². The minimum Gasteiger partial charge on any atom is -0.351 e. The topological polar surface area (TPSA) is 89.3 Å². The van der Waals surface area contributed by atoms with Crippen molar-refractivity contribution in [3.8, 4) is 0 Å². The lowest BCUT2D eigenvalue weighted by Gasteiger charge is -2.08. The van der Waals surface area contributed by atoms with Crippen LogP contribution in [-0.2, 0) is 10.0 Å². The number of halogens is 1. The molecular formula is C8H9ClN2O3S. The fourth-order valence-corrected chi connectivity index (χ4v) is 2.44. The predicted octanol–water partition coefficient (Wildman–Crippen LogP) is 1.01. The molecule has 0 heterocycles. The molecule has 82 valence electrons. The Hall–Kier alpha value is -1.27. The van der Waals surface area contributed by atoms with Gasteiger partial charge in [-0.1, -0.05) is 17.7 Å². The number of hydrogen-bond donors (Lipinski definition) is 2. The van der Waals surface area contributed by atoms with Crippen LogP contribution in [0.5, 0.6) is 0 Å². The molecule has 0 aliphatic rings. The number of carbonyl (C=O) groups is 1. The van der Waals surface area contributed by atoms with Gasteiger partial charge in [0.15, 0.2) is 0 Å². The zero-order valence-corrected chi connectivity index (χ0v) is 9.39. The highest BCUT2D eigenvalue weighted by molar-refractivity contribution is 7.90. The monoisotopic (exact) mass is 248 g/mol. The first-order chi connectivity index (χ1) is 6.84. The molecule has 15 heavy (non-hydrogen) atoms. The second-order valence-electron chi connectivity index (χ2n) is 2.83. The van der Waals surface area contributed by atoms with Gasteiger partial charge in [0.25, 0.3) is 10.0 Å². The normalized spacial score (nSPS) is 11.1. The maximum absolute atomic E-state index is 11.5. The summed E-state index contributed by atoms with van der Waals surface area (Å²) in [6, 6.07) is 3.24. The van der Waals surface area contributed by atoms with E-state index < -0.39 is 16.1 Å². The molecule has 1 rings (SSSR count). The third-order valence-corrected chi connectivity index (χ3v) is 3.64. The second kappa shape index (κ2) is 4.08. The van der Waals surface area contributed by atoms with Crippen molar-refractivity contribution in [3.05, 3.63) is 28.8 Å². The Labute approximate surface area is 92.3 Å². The van der Waals surface area contributed by atoms with E-state index in [4.69, 9.17) is 17.3 Å². The van der Waals surface area contributed by atoms with Crippen LogP contribution in [0.4, 0.5) is 4.79 Å². The number of primary amides is 1. The molecule has 2 amide bonds. The quantitative estimate of drug-likeness (QED) is 0.818. The molecule has 5 nitrogen and oxygen atoms in total. The van der Waals surface area contributed by atoms with Crippen molar-refractivity contribution in [3.63, 3.8) is 0 Å². The van der Waals surface area contributed by atoms with Gasteiger partial charge in [-0.25, -0.2) is 17.9 Å². The van der Waals surface area contributed by atoms with Crippen molar-refractivity contribution in [1.29, 1.82) is 0 Å². The van der Waals surface area contributed by atoms with E-state index in [1.807, 2.05) is 0 Å². The third kappa shape index (κ3) is 2.60. The van der Waals surface area contributed by atoms with Gasteiger partial charge in [0, 0.05) is 5.02 Å². The summed E-state index contributed by atoms with van der Waals surface area (Å²) in [5.74, 6) is 0. The summed E-state index contributed by atoms with van der Waals surface area (Å²) in [5, 5.41) is 0.308. The molecule has 0 fully saturated rings. The van der Waals surface area contributed by atoms with Crippen molar-refractivity contribution >= 4 is 27.7 Å². The van der Waals surface area contributed by atoms with Crippen LogP contribution >= 0.6 is 11.6 Å². The average Bonchev–Trinajstić information content (AvgIpc) is 2.07. The maximum Gasteiger partial charge on any atom is 0.326 e. The summed E-state index contributed by atoms with van der Waals surface area (Å²) >= 11 is 5.75. The van der Waals surface area contributed by atoms with Crippen molar-refractivity contribution in [1.82, 2.24) is 4.72 Å². The van der Waals surface area contributed by atoms with E-state index in [0.29, 0.717) is 10.6 Å².